The SMILES string of the molecule is CCCC(=[Te])C(N)(CN)C(=[Te])CCC. The fourth-order valence-corrected chi connectivity index (χ4v) is 4.25. The van der Waals surface area contributed by atoms with Crippen LogP contribution in [0.5, 0.6) is 0 Å². The van der Waals surface area contributed by atoms with Crippen LogP contribution in [-0.2, 0) is 0 Å². The predicted octanol–water partition coefficient (Wildman–Crippen LogP) is -0.0754. The van der Waals surface area contributed by atoms with Crippen LogP contribution in [0.25, 0.3) is 0 Å². The maximum atomic E-state index is 6.36. The van der Waals surface area contributed by atoms with Crippen LogP contribution in [-0.4, -0.2) is 62.8 Å². The van der Waals surface area contributed by atoms with Crippen molar-refractivity contribution in [2.75, 3.05) is 6.54 Å². The number of nitrogens with two attached hydrogens (primary N) is 2. The van der Waals surface area contributed by atoms with Gasteiger partial charge in [0.15, 0.2) is 0 Å². The Hall–Kier alpha value is 1.24. The molecule has 0 aliphatic rings. The summed E-state index contributed by atoms with van der Waals surface area (Å²) in [4.78, 5) is 0. The first-order valence-corrected chi connectivity index (χ1v) is 7.41. The predicted molar refractivity (Wildman–Crippen MR) is 67.3 cm³/mol. The molecule has 0 aromatic rings. The molecule has 4 N–H and O–H groups in total. The van der Waals surface area contributed by atoms with Crippen molar-refractivity contribution in [2.45, 2.75) is 45.1 Å². The van der Waals surface area contributed by atoms with Crippen molar-refractivity contribution in [2.24, 2.45) is 11.5 Å². The molecule has 0 bridgehead atoms. The van der Waals surface area contributed by atoms with Crippen LogP contribution in [0.2, 0.25) is 0 Å². The average Bonchev–Trinajstić information content (AvgIpc) is 2.17. The van der Waals surface area contributed by atoms with Crippen molar-refractivity contribution < 1.29 is 0 Å². The van der Waals surface area contributed by atoms with Crippen molar-refractivity contribution >= 4 is 50.7 Å². The van der Waals surface area contributed by atoms with E-state index < -0.39 is 0 Å². The molecule has 0 aliphatic heterocycles. The fourth-order valence-electron chi connectivity index (χ4n) is 1.28. The molecule has 14 heavy (non-hydrogen) atoms. The summed E-state index contributed by atoms with van der Waals surface area (Å²) in [6.07, 6.45) is 4.46. The minimum absolute atomic E-state index is 0.318. The van der Waals surface area contributed by atoms with Crippen molar-refractivity contribution in [1.82, 2.24) is 0 Å². The van der Waals surface area contributed by atoms with Gasteiger partial charge in [0, 0.05) is 0 Å². The zero-order valence-corrected chi connectivity index (χ0v) is 13.7. The Balaban J connectivity index is 4.60. The Kier molecular flexibility index (Phi) is 8.17. The molecule has 0 fully saturated rings. The molecule has 0 aliphatic carbocycles. The molecule has 0 heterocycles. The molecule has 0 rings (SSSR count). The summed E-state index contributed by atoms with van der Waals surface area (Å²) in [5.74, 6) is 0. The third-order valence-electron chi connectivity index (χ3n) is 2.27. The number of rotatable bonds is 7. The Labute approximate surface area is 113 Å². The van der Waals surface area contributed by atoms with Crippen molar-refractivity contribution in [3.63, 3.8) is 0 Å². The molecule has 4 heteroatoms. The van der Waals surface area contributed by atoms with E-state index in [2.05, 4.69) is 57.5 Å². The first kappa shape index (κ1) is 15.2. The first-order chi connectivity index (χ1) is 6.52. The molecule has 0 atom stereocenters. The van der Waals surface area contributed by atoms with Gasteiger partial charge in [-0.15, -0.1) is 0 Å². The summed E-state index contributed by atoms with van der Waals surface area (Å²) in [6.45, 7) is 4.89. The second-order valence-corrected chi connectivity index (χ2v) is 6.33. The minimum atomic E-state index is -0.318. The summed E-state index contributed by atoms with van der Waals surface area (Å²) in [5, 5.41) is 0. The van der Waals surface area contributed by atoms with E-state index in [1.54, 1.807) is 0 Å². The van der Waals surface area contributed by atoms with Gasteiger partial charge in [0.1, 0.15) is 0 Å². The molecule has 0 amide bonds. The van der Waals surface area contributed by atoms with Crippen LogP contribution in [0.4, 0.5) is 0 Å². The molecule has 0 saturated carbocycles. The molecule has 0 aromatic heterocycles. The quantitative estimate of drug-likeness (QED) is 0.563. The van der Waals surface area contributed by atoms with Gasteiger partial charge in [0.2, 0.25) is 0 Å². The fraction of sp³-hybridized carbons (Fsp3) is 0.800. The number of hydrogen-bond donors (Lipinski definition) is 2. The Morgan fingerprint density at radius 2 is 1.43 bits per heavy atom. The number of hydrogen-bond acceptors (Lipinski definition) is 2. The summed E-state index contributed by atoms with van der Waals surface area (Å²) in [6, 6.07) is 0. The van der Waals surface area contributed by atoms with E-state index in [4.69, 9.17) is 11.5 Å². The van der Waals surface area contributed by atoms with Gasteiger partial charge in [0.25, 0.3) is 0 Å². The van der Waals surface area contributed by atoms with Gasteiger partial charge in [-0.2, -0.15) is 0 Å². The summed E-state index contributed by atoms with van der Waals surface area (Å²) in [5.41, 5.74) is 11.8. The zero-order valence-electron chi connectivity index (χ0n) is 9.01. The van der Waals surface area contributed by atoms with Crippen molar-refractivity contribution in [3.05, 3.63) is 0 Å². The van der Waals surface area contributed by atoms with Crippen molar-refractivity contribution in [3.8, 4) is 0 Å². The average molecular weight is 423 g/mol. The Bertz CT molecular complexity index is 196. The monoisotopic (exact) mass is 428 g/mol. The molecule has 82 valence electrons. The Morgan fingerprint density at radius 3 is 1.64 bits per heavy atom. The van der Waals surface area contributed by atoms with E-state index in [1.807, 2.05) is 0 Å². The zero-order chi connectivity index (χ0) is 11.2. The second kappa shape index (κ2) is 7.50. The molecule has 0 saturated heterocycles. The molecule has 0 unspecified atom stereocenters. The van der Waals surface area contributed by atoms with Crippen molar-refractivity contribution in [1.29, 1.82) is 0 Å². The molecular weight excluding hydrogens is 403 g/mol. The molecular formula is C10H20N2Te2. The molecule has 2 nitrogen and oxygen atoms in total. The van der Waals surface area contributed by atoms with Crippen LogP contribution in [0.1, 0.15) is 39.5 Å². The van der Waals surface area contributed by atoms with Crippen LogP contribution in [0.15, 0.2) is 0 Å². The summed E-state index contributed by atoms with van der Waals surface area (Å²) < 4.78 is 2.68. The van der Waals surface area contributed by atoms with Gasteiger partial charge < -0.3 is 0 Å². The first-order valence-electron chi connectivity index (χ1n) is 5.08. The van der Waals surface area contributed by atoms with Gasteiger partial charge >= 0.3 is 114 Å². The summed E-state index contributed by atoms with van der Waals surface area (Å²) in [7, 11) is 0. The van der Waals surface area contributed by atoms with E-state index in [9.17, 15) is 0 Å². The summed E-state index contributed by atoms with van der Waals surface area (Å²) >= 11 is 4.12. The third kappa shape index (κ3) is 4.01. The van der Waals surface area contributed by atoms with Gasteiger partial charge in [-0.1, -0.05) is 0 Å². The van der Waals surface area contributed by atoms with Gasteiger partial charge in [-0.25, -0.2) is 0 Å². The van der Waals surface area contributed by atoms with Crippen LogP contribution in [0.3, 0.4) is 0 Å². The van der Waals surface area contributed by atoms with E-state index in [0.29, 0.717) is 6.54 Å². The third-order valence-corrected chi connectivity index (χ3v) is 5.52. The van der Waals surface area contributed by atoms with E-state index in [-0.39, 0.29) is 5.54 Å². The van der Waals surface area contributed by atoms with Crippen LogP contribution >= 0.6 is 0 Å². The van der Waals surface area contributed by atoms with Gasteiger partial charge in [0.05, 0.1) is 0 Å². The topological polar surface area (TPSA) is 52.0 Å². The standard InChI is InChI=1S/C10H20N2Te2/c1-3-5-8(13)10(12,7-11)9(14)6-4-2/h3-7,11-12H2,1-2H3. The second-order valence-electron chi connectivity index (χ2n) is 3.52. The van der Waals surface area contributed by atoms with E-state index in [1.165, 1.54) is 7.10 Å². The molecule has 0 aromatic carbocycles. The van der Waals surface area contributed by atoms with E-state index in [0.717, 1.165) is 25.7 Å². The molecule has 0 radical (unpaired) electrons. The Morgan fingerprint density at radius 1 is 1.07 bits per heavy atom. The van der Waals surface area contributed by atoms with E-state index >= 15 is 0 Å². The van der Waals surface area contributed by atoms with Crippen LogP contribution in [0, 0.1) is 0 Å². The normalized spacial score (nSPS) is 11.4. The van der Waals surface area contributed by atoms with Crippen LogP contribution < -0.4 is 11.5 Å². The van der Waals surface area contributed by atoms with Gasteiger partial charge in [-0.05, 0) is 0 Å². The molecule has 0 spiro atoms. The van der Waals surface area contributed by atoms with Gasteiger partial charge in [-0.3, -0.25) is 0 Å². The maximum absolute atomic E-state index is 6.36.